The van der Waals surface area contributed by atoms with E-state index in [1.54, 1.807) is 0 Å². The number of hydrogen-bond donors (Lipinski definition) is 2. The lowest BCUT2D eigenvalue weighted by atomic mass is 10.4. The summed E-state index contributed by atoms with van der Waals surface area (Å²) >= 11 is 0. The average molecular weight is 194 g/mol. The summed E-state index contributed by atoms with van der Waals surface area (Å²) in [5.41, 5.74) is 0. The Morgan fingerprint density at radius 1 is 1.67 bits per heavy atom. The third-order valence-corrected chi connectivity index (χ3v) is 1.78. The van der Waals surface area contributed by atoms with Gasteiger partial charge in [-0.1, -0.05) is 0 Å². The standard InChI is InChI=1S/C5H10N2O4S/c8-12(9,10)11-4-1-5-6-2-3-7-5/h1-4H2,(H,6,7)(H,8,9,10). The molecule has 0 bridgehead atoms. The molecule has 1 rings (SSSR count). The number of nitrogens with one attached hydrogen (secondary N) is 1. The summed E-state index contributed by atoms with van der Waals surface area (Å²) in [6.07, 6.45) is 0.375. The molecular weight excluding hydrogens is 184 g/mol. The normalized spacial score (nSPS) is 17.2. The van der Waals surface area contributed by atoms with Crippen LogP contribution in [0.3, 0.4) is 0 Å². The van der Waals surface area contributed by atoms with Gasteiger partial charge in [-0.25, -0.2) is 4.18 Å². The van der Waals surface area contributed by atoms with Crippen molar-refractivity contribution in [1.82, 2.24) is 5.32 Å². The van der Waals surface area contributed by atoms with Crippen molar-refractivity contribution in [2.75, 3.05) is 19.7 Å². The third-order valence-electron chi connectivity index (χ3n) is 1.31. The van der Waals surface area contributed by atoms with E-state index in [9.17, 15) is 8.42 Å². The fourth-order valence-corrected chi connectivity index (χ4v) is 1.15. The minimum atomic E-state index is -4.30. The van der Waals surface area contributed by atoms with Gasteiger partial charge in [0.1, 0.15) is 0 Å². The molecule has 7 heteroatoms. The van der Waals surface area contributed by atoms with E-state index in [0.717, 1.165) is 12.4 Å². The maximum atomic E-state index is 10.1. The maximum Gasteiger partial charge on any atom is 0.397 e. The highest BCUT2D eigenvalue weighted by Gasteiger charge is 2.08. The molecule has 0 atom stereocenters. The smallest absolute Gasteiger partial charge is 0.372 e. The predicted molar refractivity (Wildman–Crippen MR) is 42.4 cm³/mol. The zero-order valence-electron chi connectivity index (χ0n) is 6.36. The average Bonchev–Trinajstić information content (AvgIpc) is 2.36. The van der Waals surface area contributed by atoms with E-state index in [4.69, 9.17) is 4.55 Å². The van der Waals surface area contributed by atoms with E-state index in [-0.39, 0.29) is 6.61 Å². The summed E-state index contributed by atoms with van der Waals surface area (Å²) in [5, 5.41) is 2.94. The van der Waals surface area contributed by atoms with Crippen molar-refractivity contribution in [3.8, 4) is 0 Å². The minimum absolute atomic E-state index is 0.0787. The molecule has 0 aromatic rings. The summed E-state index contributed by atoms with van der Waals surface area (Å²) in [6.45, 7) is 1.41. The third kappa shape index (κ3) is 3.65. The van der Waals surface area contributed by atoms with E-state index in [1.165, 1.54) is 0 Å². The molecule has 12 heavy (non-hydrogen) atoms. The van der Waals surface area contributed by atoms with E-state index < -0.39 is 10.4 Å². The van der Waals surface area contributed by atoms with Crippen molar-refractivity contribution in [1.29, 1.82) is 0 Å². The zero-order chi connectivity index (χ0) is 9.03. The lowest BCUT2D eigenvalue weighted by molar-refractivity contribution is 0.276. The minimum Gasteiger partial charge on any atom is -0.372 e. The van der Waals surface area contributed by atoms with Gasteiger partial charge in [0, 0.05) is 13.0 Å². The Kier molecular flexibility index (Phi) is 3.01. The van der Waals surface area contributed by atoms with Crippen LogP contribution in [0.4, 0.5) is 0 Å². The lowest BCUT2D eigenvalue weighted by Gasteiger charge is -2.00. The molecule has 0 aromatic carbocycles. The largest absolute Gasteiger partial charge is 0.397 e. The first-order valence-corrected chi connectivity index (χ1v) is 4.83. The van der Waals surface area contributed by atoms with Gasteiger partial charge in [-0.3, -0.25) is 9.55 Å². The monoisotopic (exact) mass is 194 g/mol. The molecule has 0 saturated carbocycles. The van der Waals surface area contributed by atoms with Gasteiger partial charge >= 0.3 is 10.4 Å². The number of nitrogens with zero attached hydrogens (tertiary/aromatic N) is 1. The molecule has 0 saturated heterocycles. The SMILES string of the molecule is O=S(=O)(O)OCCC1=NCCN1. The van der Waals surface area contributed by atoms with E-state index in [2.05, 4.69) is 14.5 Å². The van der Waals surface area contributed by atoms with Gasteiger partial charge in [-0.15, -0.1) is 0 Å². The van der Waals surface area contributed by atoms with Crippen molar-refractivity contribution in [2.24, 2.45) is 4.99 Å². The first-order valence-electron chi connectivity index (χ1n) is 3.47. The molecular formula is C5H10N2O4S. The summed E-state index contributed by atoms with van der Waals surface area (Å²) in [5.74, 6) is 0.721. The number of rotatable bonds is 4. The van der Waals surface area contributed by atoms with Gasteiger partial charge in [-0.2, -0.15) is 8.42 Å². The molecule has 0 aromatic heterocycles. The fraction of sp³-hybridized carbons (Fsp3) is 0.800. The molecule has 1 aliphatic heterocycles. The second-order valence-corrected chi connectivity index (χ2v) is 3.35. The van der Waals surface area contributed by atoms with E-state index in [1.807, 2.05) is 0 Å². The first-order chi connectivity index (χ1) is 5.58. The van der Waals surface area contributed by atoms with Gasteiger partial charge in [-0.05, 0) is 0 Å². The Balaban J connectivity index is 2.18. The Bertz CT molecular complexity index is 271. The van der Waals surface area contributed by atoms with Gasteiger partial charge in [0.15, 0.2) is 0 Å². The van der Waals surface area contributed by atoms with Crippen molar-refractivity contribution in [3.05, 3.63) is 0 Å². The molecule has 0 fully saturated rings. The highest BCUT2D eigenvalue weighted by molar-refractivity contribution is 7.80. The molecule has 0 amide bonds. The Morgan fingerprint density at radius 2 is 2.42 bits per heavy atom. The predicted octanol–water partition coefficient (Wildman–Crippen LogP) is -0.802. The topological polar surface area (TPSA) is 88.0 Å². The molecule has 70 valence electrons. The summed E-state index contributed by atoms with van der Waals surface area (Å²) in [7, 11) is -4.30. The molecule has 0 aliphatic carbocycles. The zero-order valence-corrected chi connectivity index (χ0v) is 7.17. The van der Waals surface area contributed by atoms with Crippen LogP contribution in [0.15, 0.2) is 4.99 Å². The summed E-state index contributed by atoms with van der Waals surface area (Å²) in [6, 6.07) is 0. The maximum absolute atomic E-state index is 10.1. The molecule has 1 aliphatic rings. The second kappa shape index (κ2) is 3.83. The molecule has 2 N–H and O–H groups in total. The lowest BCUT2D eigenvalue weighted by Crippen LogP contribution is -2.20. The van der Waals surface area contributed by atoms with Crippen LogP contribution in [0.1, 0.15) is 6.42 Å². The van der Waals surface area contributed by atoms with Crippen molar-refractivity contribution in [3.63, 3.8) is 0 Å². The Labute approximate surface area is 70.6 Å². The summed E-state index contributed by atoms with van der Waals surface area (Å²) in [4.78, 5) is 4.00. The van der Waals surface area contributed by atoms with Crippen LogP contribution >= 0.6 is 0 Å². The number of aliphatic imine (C=N–C) groups is 1. The molecule has 0 spiro atoms. The van der Waals surface area contributed by atoms with Crippen LogP contribution in [0.5, 0.6) is 0 Å². The fourth-order valence-electron chi connectivity index (χ4n) is 0.858. The van der Waals surface area contributed by atoms with Crippen molar-refractivity contribution in [2.45, 2.75) is 6.42 Å². The molecule has 6 nitrogen and oxygen atoms in total. The highest BCUT2D eigenvalue weighted by atomic mass is 32.3. The van der Waals surface area contributed by atoms with Crippen molar-refractivity contribution < 1.29 is 17.2 Å². The van der Waals surface area contributed by atoms with Crippen molar-refractivity contribution >= 4 is 16.2 Å². The molecule has 0 radical (unpaired) electrons. The Hall–Kier alpha value is -0.660. The van der Waals surface area contributed by atoms with Crippen LogP contribution in [0.25, 0.3) is 0 Å². The van der Waals surface area contributed by atoms with Crippen LogP contribution in [-0.4, -0.2) is 38.5 Å². The Morgan fingerprint density at radius 3 is 2.92 bits per heavy atom. The van der Waals surface area contributed by atoms with Gasteiger partial charge in [0.25, 0.3) is 0 Å². The van der Waals surface area contributed by atoms with Crippen LogP contribution in [-0.2, 0) is 14.6 Å². The van der Waals surface area contributed by atoms with Crippen LogP contribution < -0.4 is 5.32 Å². The second-order valence-electron chi connectivity index (χ2n) is 2.25. The molecule has 1 heterocycles. The van der Waals surface area contributed by atoms with Crippen LogP contribution in [0, 0.1) is 0 Å². The number of hydrogen-bond acceptors (Lipinski definition) is 5. The van der Waals surface area contributed by atoms with E-state index >= 15 is 0 Å². The quantitative estimate of drug-likeness (QED) is 0.572. The van der Waals surface area contributed by atoms with Crippen LogP contribution in [0.2, 0.25) is 0 Å². The highest BCUT2D eigenvalue weighted by Crippen LogP contribution is 1.94. The van der Waals surface area contributed by atoms with Gasteiger partial charge in [0.2, 0.25) is 0 Å². The van der Waals surface area contributed by atoms with Gasteiger partial charge < -0.3 is 5.32 Å². The first kappa shape index (κ1) is 9.43. The molecule has 0 unspecified atom stereocenters. The number of amidine groups is 1. The summed E-state index contributed by atoms with van der Waals surface area (Å²) < 4.78 is 32.4. The van der Waals surface area contributed by atoms with Gasteiger partial charge in [0.05, 0.1) is 19.0 Å². The van der Waals surface area contributed by atoms with E-state index in [0.29, 0.717) is 13.0 Å².